The molecule has 0 bridgehead atoms. The molecule has 3 N–H and O–H groups in total. The minimum absolute atomic E-state index is 0.0717. The maximum Gasteiger partial charge on any atom is 0.311 e. The Morgan fingerprint density at radius 1 is 1.10 bits per heavy atom. The van der Waals surface area contributed by atoms with E-state index in [2.05, 4.69) is 19.2 Å². The number of hydrogen-bond acceptors (Lipinski definition) is 7. The Balaban J connectivity index is 1.35. The van der Waals surface area contributed by atoms with E-state index < -0.39 is 12.2 Å². The Hall–Kier alpha value is -2.94. The van der Waals surface area contributed by atoms with Crippen LogP contribution in [0.5, 0.6) is 5.75 Å². The van der Waals surface area contributed by atoms with E-state index in [0.29, 0.717) is 42.0 Å². The van der Waals surface area contributed by atoms with Crippen molar-refractivity contribution >= 4 is 35.1 Å². The van der Waals surface area contributed by atoms with Crippen LogP contribution in [0.25, 0.3) is 0 Å². The van der Waals surface area contributed by atoms with Gasteiger partial charge in [0.25, 0.3) is 5.91 Å². The van der Waals surface area contributed by atoms with Gasteiger partial charge < -0.3 is 20.3 Å². The summed E-state index contributed by atoms with van der Waals surface area (Å²) in [5.74, 6) is 0.405. The standard InChI is InChI=1S/C33H43NO6S/c1-3-4-12-23(2)30(37)22-41-32-27(28(35)21-29(32)36)15-10-5-6-11-16-31(38)40-26-19-17-25(18-20-26)34-33(39)24-13-8-7-9-14-24/h5,7-10,13-14,17-20,23,27,29-30,32,36-37H,3-4,6,11-12,15-16,21-22H2,1-2H3,(H,34,39)/t23?,27-,29+,30?,32+/m0/s1. The molecule has 1 saturated carbocycles. The molecule has 8 heteroatoms. The van der Waals surface area contributed by atoms with Crippen LogP contribution >= 0.6 is 11.8 Å². The van der Waals surface area contributed by atoms with Gasteiger partial charge in [0, 0.05) is 41.0 Å². The Kier molecular flexibility index (Phi) is 13.6. The molecule has 2 aromatic rings. The molecule has 0 aliphatic heterocycles. The van der Waals surface area contributed by atoms with Gasteiger partial charge in [0.2, 0.25) is 0 Å². The summed E-state index contributed by atoms with van der Waals surface area (Å²) >= 11 is 1.51. The summed E-state index contributed by atoms with van der Waals surface area (Å²) in [6.45, 7) is 4.19. The highest BCUT2D eigenvalue weighted by Crippen LogP contribution is 2.36. The lowest BCUT2D eigenvalue weighted by atomic mass is 9.99. The van der Waals surface area contributed by atoms with Crippen LogP contribution in [-0.2, 0) is 9.59 Å². The zero-order valence-corrected chi connectivity index (χ0v) is 24.9. The first-order chi connectivity index (χ1) is 19.8. The highest BCUT2D eigenvalue weighted by atomic mass is 32.2. The summed E-state index contributed by atoms with van der Waals surface area (Å²) < 4.78 is 5.40. The maximum atomic E-state index is 12.5. The number of ether oxygens (including phenoxy) is 1. The smallest absolute Gasteiger partial charge is 0.311 e. The summed E-state index contributed by atoms with van der Waals surface area (Å²) in [5.41, 5.74) is 1.17. The third kappa shape index (κ3) is 10.8. The van der Waals surface area contributed by atoms with E-state index in [4.69, 9.17) is 4.74 Å². The number of nitrogens with one attached hydrogen (secondary N) is 1. The van der Waals surface area contributed by atoms with Crippen LogP contribution in [0.1, 0.15) is 75.6 Å². The van der Waals surface area contributed by atoms with Gasteiger partial charge in [-0.25, -0.2) is 0 Å². The zero-order valence-electron chi connectivity index (χ0n) is 24.0. The molecule has 1 amide bonds. The number of anilines is 1. The van der Waals surface area contributed by atoms with Gasteiger partial charge in [0.1, 0.15) is 11.5 Å². The molecule has 0 spiro atoms. The van der Waals surface area contributed by atoms with Crippen molar-refractivity contribution in [2.24, 2.45) is 11.8 Å². The van der Waals surface area contributed by atoms with Crippen molar-refractivity contribution in [3.05, 3.63) is 72.3 Å². The van der Waals surface area contributed by atoms with E-state index in [0.717, 1.165) is 19.3 Å². The average Bonchev–Trinajstić information content (AvgIpc) is 3.24. The second-order valence-corrected chi connectivity index (χ2v) is 12.0. The van der Waals surface area contributed by atoms with Gasteiger partial charge in [-0.05, 0) is 68.0 Å². The molecule has 222 valence electrons. The summed E-state index contributed by atoms with van der Waals surface area (Å²) in [4.78, 5) is 37.0. The topological polar surface area (TPSA) is 113 Å². The molecule has 2 unspecified atom stereocenters. The quantitative estimate of drug-likeness (QED) is 0.0936. The molecule has 1 fully saturated rings. The number of allylic oxidation sites excluding steroid dienone is 2. The van der Waals surface area contributed by atoms with E-state index in [1.165, 1.54) is 11.8 Å². The molecule has 5 atom stereocenters. The lowest BCUT2D eigenvalue weighted by molar-refractivity contribution is -0.134. The number of rotatable bonds is 16. The molecular formula is C33H43NO6S. The van der Waals surface area contributed by atoms with E-state index in [1.54, 1.807) is 48.5 Å². The van der Waals surface area contributed by atoms with E-state index >= 15 is 0 Å². The lowest BCUT2D eigenvalue weighted by Gasteiger charge is -2.24. The van der Waals surface area contributed by atoms with Gasteiger partial charge in [-0.1, -0.05) is 57.0 Å². The van der Waals surface area contributed by atoms with Crippen LogP contribution in [0, 0.1) is 11.8 Å². The fourth-order valence-corrected chi connectivity index (χ4v) is 6.38. The molecule has 3 rings (SSSR count). The molecule has 1 aliphatic rings. The summed E-state index contributed by atoms with van der Waals surface area (Å²) in [6, 6.07) is 15.6. The number of hydrogen-bond donors (Lipinski definition) is 3. The number of unbranched alkanes of at least 4 members (excludes halogenated alkanes) is 2. The number of benzene rings is 2. The predicted octanol–water partition coefficient (Wildman–Crippen LogP) is 6.20. The molecule has 7 nitrogen and oxygen atoms in total. The van der Waals surface area contributed by atoms with Crippen molar-refractivity contribution in [1.29, 1.82) is 0 Å². The van der Waals surface area contributed by atoms with Crippen LogP contribution in [0.3, 0.4) is 0 Å². The molecule has 0 aromatic heterocycles. The first-order valence-electron chi connectivity index (χ1n) is 14.6. The Morgan fingerprint density at radius 3 is 2.54 bits per heavy atom. The number of thioether (sulfide) groups is 1. The zero-order chi connectivity index (χ0) is 29.6. The van der Waals surface area contributed by atoms with Crippen LogP contribution < -0.4 is 10.1 Å². The number of carbonyl (C=O) groups excluding carboxylic acids is 3. The van der Waals surface area contributed by atoms with Crippen molar-refractivity contribution in [2.75, 3.05) is 11.1 Å². The van der Waals surface area contributed by atoms with Crippen molar-refractivity contribution in [3.8, 4) is 5.75 Å². The molecule has 2 aromatic carbocycles. The van der Waals surface area contributed by atoms with Gasteiger partial charge in [0.15, 0.2) is 0 Å². The van der Waals surface area contributed by atoms with E-state index in [9.17, 15) is 24.6 Å². The second-order valence-electron chi connectivity index (χ2n) is 10.7. The van der Waals surface area contributed by atoms with Gasteiger partial charge in [-0.2, -0.15) is 11.8 Å². The number of aliphatic hydroxyl groups excluding tert-OH is 2. The SMILES string of the molecule is CCCCC(C)C(O)CS[C@H]1[C@H](O)CC(=O)[C@@H]1CC=CCCCC(=O)Oc1ccc(NC(=O)c2ccccc2)cc1. The monoisotopic (exact) mass is 581 g/mol. The molecule has 0 saturated heterocycles. The number of carbonyl (C=O) groups is 3. The minimum Gasteiger partial charge on any atom is -0.427 e. The van der Waals surface area contributed by atoms with Gasteiger partial charge in [-0.3, -0.25) is 14.4 Å². The molecule has 41 heavy (non-hydrogen) atoms. The number of ketones is 1. The summed E-state index contributed by atoms with van der Waals surface area (Å²) in [6.07, 6.45) is 8.24. The van der Waals surface area contributed by atoms with Crippen LogP contribution in [0.15, 0.2) is 66.7 Å². The molecule has 0 heterocycles. The fourth-order valence-electron chi connectivity index (χ4n) is 4.82. The Morgan fingerprint density at radius 2 is 1.83 bits per heavy atom. The maximum absolute atomic E-state index is 12.5. The fraction of sp³-hybridized carbons (Fsp3) is 0.485. The van der Waals surface area contributed by atoms with E-state index in [-0.39, 0.29) is 47.6 Å². The molecule has 0 radical (unpaired) electrons. The van der Waals surface area contributed by atoms with E-state index in [1.807, 2.05) is 18.2 Å². The van der Waals surface area contributed by atoms with Gasteiger partial charge in [0.05, 0.1) is 12.2 Å². The number of aliphatic hydroxyl groups is 2. The van der Waals surface area contributed by atoms with Crippen LogP contribution in [0.2, 0.25) is 0 Å². The van der Waals surface area contributed by atoms with Crippen molar-refractivity contribution in [2.45, 2.75) is 82.7 Å². The highest BCUT2D eigenvalue weighted by molar-refractivity contribution is 8.00. The third-order valence-corrected chi connectivity index (χ3v) is 8.98. The predicted molar refractivity (Wildman–Crippen MR) is 164 cm³/mol. The van der Waals surface area contributed by atoms with Crippen LogP contribution in [0.4, 0.5) is 5.69 Å². The minimum atomic E-state index is -0.673. The van der Waals surface area contributed by atoms with Crippen molar-refractivity contribution in [3.63, 3.8) is 0 Å². The lowest BCUT2D eigenvalue weighted by Crippen LogP contribution is -2.28. The Labute approximate surface area is 247 Å². The van der Waals surface area contributed by atoms with Gasteiger partial charge >= 0.3 is 5.97 Å². The summed E-state index contributed by atoms with van der Waals surface area (Å²) in [5, 5.41) is 23.5. The summed E-state index contributed by atoms with van der Waals surface area (Å²) in [7, 11) is 0. The highest BCUT2D eigenvalue weighted by Gasteiger charge is 2.41. The second kappa shape index (κ2) is 17.1. The average molecular weight is 582 g/mol. The normalized spacial score (nSPS) is 20.2. The number of esters is 1. The van der Waals surface area contributed by atoms with Crippen molar-refractivity contribution < 1.29 is 29.3 Å². The van der Waals surface area contributed by atoms with Gasteiger partial charge in [-0.15, -0.1) is 0 Å². The first kappa shape index (κ1) is 32.6. The molecular weight excluding hydrogens is 538 g/mol. The number of Topliss-reactive ketones (excluding diaryl/α,β-unsaturated/α-hetero) is 1. The number of amides is 1. The first-order valence-corrected chi connectivity index (χ1v) is 15.7. The third-order valence-electron chi connectivity index (χ3n) is 7.42. The molecule has 1 aliphatic carbocycles. The largest absolute Gasteiger partial charge is 0.427 e. The Bertz CT molecular complexity index is 1140. The van der Waals surface area contributed by atoms with Crippen molar-refractivity contribution in [1.82, 2.24) is 0 Å². The van der Waals surface area contributed by atoms with Crippen LogP contribution in [-0.4, -0.2) is 51.1 Å².